The van der Waals surface area contributed by atoms with Crippen molar-refractivity contribution in [2.24, 2.45) is 0 Å². The number of hydrogen-bond acceptors (Lipinski definition) is 5. The third-order valence-electron chi connectivity index (χ3n) is 7.87. The molecule has 5 rings (SSSR count). The van der Waals surface area contributed by atoms with Gasteiger partial charge in [-0.15, -0.1) is 0 Å². The van der Waals surface area contributed by atoms with E-state index in [1.807, 2.05) is 78.9 Å². The van der Waals surface area contributed by atoms with Gasteiger partial charge >= 0.3 is 11.9 Å². The van der Waals surface area contributed by atoms with Crippen LogP contribution in [0.3, 0.4) is 0 Å². The van der Waals surface area contributed by atoms with Crippen LogP contribution in [0.15, 0.2) is 90.0 Å². The number of carbonyl (C=O) groups is 3. The van der Waals surface area contributed by atoms with Crippen molar-refractivity contribution in [3.8, 4) is 0 Å². The number of nitrogens with zero attached hydrogens (tertiary/aromatic N) is 1. The first kappa shape index (κ1) is 30.7. The van der Waals surface area contributed by atoms with Gasteiger partial charge in [-0.3, -0.25) is 4.79 Å². The number of esters is 1. The van der Waals surface area contributed by atoms with E-state index in [0.717, 1.165) is 46.1 Å². The number of benzene rings is 3. The molecule has 0 fully saturated rings. The van der Waals surface area contributed by atoms with Crippen LogP contribution in [-0.4, -0.2) is 35.0 Å². The van der Waals surface area contributed by atoms with Gasteiger partial charge in [0.05, 0.1) is 29.9 Å². The van der Waals surface area contributed by atoms with E-state index < -0.39 is 18.0 Å². The second-order valence-corrected chi connectivity index (χ2v) is 11.2. The van der Waals surface area contributed by atoms with Gasteiger partial charge in [-0.2, -0.15) is 0 Å². The number of rotatable bonds is 10. The van der Waals surface area contributed by atoms with Crippen LogP contribution in [0.2, 0.25) is 5.02 Å². The molecular formula is C36H33ClN2O5. The van der Waals surface area contributed by atoms with Gasteiger partial charge < -0.3 is 15.2 Å². The molecule has 44 heavy (non-hydrogen) atoms. The summed E-state index contributed by atoms with van der Waals surface area (Å²) < 4.78 is 4.97. The van der Waals surface area contributed by atoms with E-state index in [1.54, 1.807) is 12.1 Å². The van der Waals surface area contributed by atoms with Crippen molar-refractivity contribution in [3.05, 3.63) is 123 Å². The quantitative estimate of drug-likeness (QED) is 0.180. The van der Waals surface area contributed by atoms with E-state index in [-0.39, 0.29) is 11.5 Å². The molecule has 0 bridgehead atoms. The Bertz CT molecular complexity index is 1780. The molecule has 2 N–H and O–H groups in total. The number of aromatic nitrogens is 1. The molecule has 3 aromatic carbocycles. The Balaban J connectivity index is 1.43. The van der Waals surface area contributed by atoms with Gasteiger partial charge in [-0.25, -0.2) is 14.6 Å². The molecule has 4 aromatic rings. The van der Waals surface area contributed by atoms with Gasteiger partial charge in [0.2, 0.25) is 5.91 Å². The number of carbonyl (C=O) groups excluding carboxylic acids is 2. The molecule has 0 saturated heterocycles. The maximum atomic E-state index is 13.5. The van der Waals surface area contributed by atoms with Gasteiger partial charge in [0.25, 0.3) is 0 Å². The predicted octanol–water partition coefficient (Wildman–Crippen LogP) is 7.59. The first-order valence-corrected chi connectivity index (χ1v) is 15.0. The lowest BCUT2D eigenvalue weighted by Gasteiger charge is -2.23. The highest BCUT2D eigenvalue weighted by Crippen LogP contribution is 2.28. The van der Waals surface area contributed by atoms with Crippen molar-refractivity contribution in [3.63, 3.8) is 0 Å². The topological polar surface area (TPSA) is 106 Å². The van der Waals surface area contributed by atoms with Crippen LogP contribution in [0.4, 0.5) is 0 Å². The molecule has 224 valence electrons. The summed E-state index contributed by atoms with van der Waals surface area (Å²) in [5.41, 5.74) is 5.16. The number of amides is 1. The Morgan fingerprint density at radius 1 is 0.955 bits per heavy atom. The zero-order valence-electron chi connectivity index (χ0n) is 24.4. The third kappa shape index (κ3) is 7.41. The highest BCUT2D eigenvalue weighted by molar-refractivity contribution is 6.31. The fourth-order valence-corrected chi connectivity index (χ4v) is 5.73. The maximum absolute atomic E-state index is 13.5. The second-order valence-electron chi connectivity index (χ2n) is 10.8. The monoisotopic (exact) mass is 608 g/mol. The van der Waals surface area contributed by atoms with Crippen LogP contribution >= 0.6 is 11.6 Å². The lowest BCUT2D eigenvalue weighted by Crippen LogP contribution is -2.32. The Morgan fingerprint density at radius 3 is 2.52 bits per heavy atom. The highest BCUT2D eigenvalue weighted by atomic mass is 35.5. The second kappa shape index (κ2) is 14.1. The number of pyridine rings is 1. The van der Waals surface area contributed by atoms with Crippen molar-refractivity contribution in [1.29, 1.82) is 0 Å². The molecule has 1 aliphatic carbocycles. The first-order valence-electron chi connectivity index (χ1n) is 14.6. The highest BCUT2D eigenvalue weighted by Gasteiger charge is 2.26. The Labute approximate surface area is 261 Å². The van der Waals surface area contributed by atoms with E-state index >= 15 is 0 Å². The minimum Gasteiger partial charge on any atom is -0.478 e. The van der Waals surface area contributed by atoms with Crippen LogP contribution in [-0.2, 0) is 20.7 Å². The number of halogens is 1. The fourth-order valence-electron chi connectivity index (χ4n) is 5.57. The van der Waals surface area contributed by atoms with Crippen molar-refractivity contribution >= 4 is 52.5 Å². The fraction of sp³-hybridized carbons (Fsp3) is 0.222. The number of aliphatic carboxylic acids is 1. The van der Waals surface area contributed by atoms with Crippen molar-refractivity contribution in [2.45, 2.75) is 44.6 Å². The summed E-state index contributed by atoms with van der Waals surface area (Å²) in [4.78, 5) is 42.5. The molecule has 0 radical (unpaired) electrons. The predicted molar refractivity (Wildman–Crippen MR) is 172 cm³/mol. The van der Waals surface area contributed by atoms with Crippen molar-refractivity contribution in [2.75, 3.05) is 7.11 Å². The number of methoxy groups -OCH3 is 1. The minimum absolute atomic E-state index is 0.185. The molecule has 1 amide bonds. The molecule has 1 atom stereocenters. The van der Waals surface area contributed by atoms with Crippen LogP contribution in [0, 0.1) is 0 Å². The summed E-state index contributed by atoms with van der Waals surface area (Å²) in [5.74, 6) is -1.83. The van der Waals surface area contributed by atoms with Crippen LogP contribution < -0.4 is 5.32 Å². The number of aryl methyl sites for hydroxylation is 1. The van der Waals surface area contributed by atoms with Gasteiger partial charge in [0, 0.05) is 21.6 Å². The van der Waals surface area contributed by atoms with Gasteiger partial charge in [0.15, 0.2) is 0 Å². The van der Waals surface area contributed by atoms with E-state index in [1.165, 1.54) is 7.11 Å². The SMILES string of the molecule is COC(=O)c1ccccc1CCC(NC(=O)C1=C(C(=O)O)CCCC1)c1cccc(/C=C/c2ccc3ccc(Cl)cc3n2)c1. The number of nitrogens with one attached hydrogen (secondary N) is 1. The smallest absolute Gasteiger partial charge is 0.338 e. The maximum Gasteiger partial charge on any atom is 0.338 e. The summed E-state index contributed by atoms with van der Waals surface area (Å²) in [5, 5.41) is 14.5. The van der Waals surface area contributed by atoms with E-state index in [2.05, 4.69) is 5.32 Å². The van der Waals surface area contributed by atoms with Crippen molar-refractivity contribution < 1.29 is 24.2 Å². The molecule has 1 aromatic heterocycles. The molecule has 1 aliphatic rings. The van der Waals surface area contributed by atoms with Gasteiger partial charge in [0.1, 0.15) is 0 Å². The van der Waals surface area contributed by atoms with E-state index in [0.29, 0.717) is 41.8 Å². The number of carboxylic acids is 1. The number of ether oxygens (including phenoxy) is 1. The zero-order chi connectivity index (χ0) is 31.1. The molecule has 0 aliphatic heterocycles. The van der Waals surface area contributed by atoms with Crippen LogP contribution in [0.1, 0.15) is 70.9 Å². The number of carboxylic acid groups (broad SMARTS) is 1. The first-order chi connectivity index (χ1) is 21.3. The number of hydrogen-bond donors (Lipinski definition) is 2. The van der Waals surface area contributed by atoms with Gasteiger partial charge in [-0.05, 0) is 91.6 Å². The third-order valence-corrected chi connectivity index (χ3v) is 8.10. The largest absolute Gasteiger partial charge is 0.478 e. The Kier molecular flexibility index (Phi) is 9.87. The van der Waals surface area contributed by atoms with Crippen molar-refractivity contribution in [1.82, 2.24) is 10.3 Å². The average Bonchev–Trinajstić information content (AvgIpc) is 3.05. The molecule has 7 nitrogen and oxygen atoms in total. The summed E-state index contributed by atoms with van der Waals surface area (Å²) in [6.45, 7) is 0. The van der Waals surface area contributed by atoms with E-state index in [9.17, 15) is 19.5 Å². The summed E-state index contributed by atoms with van der Waals surface area (Å²) in [6, 6.07) is 24.2. The summed E-state index contributed by atoms with van der Waals surface area (Å²) in [7, 11) is 1.35. The van der Waals surface area contributed by atoms with E-state index in [4.69, 9.17) is 21.3 Å². The normalized spacial score (nSPS) is 14.0. The van der Waals surface area contributed by atoms with Crippen LogP contribution in [0.25, 0.3) is 23.1 Å². The zero-order valence-corrected chi connectivity index (χ0v) is 25.1. The Hall–Kier alpha value is -4.75. The molecule has 1 unspecified atom stereocenters. The lowest BCUT2D eigenvalue weighted by molar-refractivity contribution is -0.133. The average molecular weight is 609 g/mol. The molecule has 0 saturated carbocycles. The molecule has 8 heteroatoms. The Morgan fingerprint density at radius 2 is 1.73 bits per heavy atom. The molecular weight excluding hydrogens is 576 g/mol. The molecule has 0 spiro atoms. The lowest BCUT2D eigenvalue weighted by atomic mass is 9.90. The minimum atomic E-state index is -1.05. The summed E-state index contributed by atoms with van der Waals surface area (Å²) >= 11 is 6.15. The van der Waals surface area contributed by atoms with Crippen LogP contribution in [0.5, 0.6) is 0 Å². The van der Waals surface area contributed by atoms with Gasteiger partial charge in [-0.1, -0.05) is 66.2 Å². The standard InChI is InChI=1S/C36H33ClN2O5/c1-44-36(43)29-10-3-2-8-24(29)16-20-32(39-34(40)30-11-4-5-12-31(30)35(41)42)26-9-6-7-23(21-26)13-18-28-19-15-25-14-17-27(37)22-33(25)38-28/h2-3,6-10,13-15,17-19,21-22,32H,4-5,11-12,16,20H2,1H3,(H,39,40)(H,41,42)/b18-13+. The molecule has 1 heterocycles. The summed E-state index contributed by atoms with van der Waals surface area (Å²) in [6.07, 6.45) is 7.18. The number of fused-ring (bicyclic) bond motifs is 1.